The number of aliphatic hydroxyl groups excluding tert-OH is 1. The van der Waals surface area contributed by atoms with E-state index in [0.29, 0.717) is 6.54 Å². The largest absolute Gasteiger partial charge is 0.392 e. The molecule has 0 aliphatic heterocycles. The highest BCUT2D eigenvalue weighted by molar-refractivity contribution is 5.08. The van der Waals surface area contributed by atoms with Crippen molar-refractivity contribution in [3.8, 4) is 0 Å². The fourth-order valence-corrected chi connectivity index (χ4v) is 3.25. The van der Waals surface area contributed by atoms with Crippen LogP contribution in [0.2, 0.25) is 0 Å². The minimum Gasteiger partial charge on any atom is -0.392 e. The zero-order valence-electron chi connectivity index (χ0n) is 11.7. The van der Waals surface area contributed by atoms with Crippen LogP contribution in [0, 0.1) is 10.8 Å². The molecule has 1 saturated carbocycles. The molecule has 2 rings (SSSR count). The molecule has 1 aromatic rings. The first kappa shape index (κ1) is 13.6. The van der Waals surface area contributed by atoms with Crippen LogP contribution in [0.4, 0.5) is 0 Å². The summed E-state index contributed by atoms with van der Waals surface area (Å²) in [6, 6.07) is 0. The number of nitrogens with zero attached hydrogens (tertiary/aromatic N) is 2. The smallest absolute Gasteiger partial charge is 0.0659 e. The van der Waals surface area contributed by atoms with E-state index >= 15 is 0 Å². The molecule has 0 bridgehead atoms. The number of aromatic nitrogens is 2. The summed E-state index contributed by atoms with van der Waals surface area (Å²) in [5.41, 5.74) is 7.08. The first-order valence-electron chi connectivity index (χ1n) is 6.75. The molecule has 1 heterocycles. The molecule has 4 heteroatoms. The second kappa shape index (κ2) is 4.67. The predicted octanol–water partition coefficient (Wildman–Crippen LogP) is 1.48. The van der Waals surface area contributed by atoms with Gasteiger partial charge in [-0.1, -0.05) is 13.8 Å². The highest BCUT2D eigenvalue weighted by atomic mass is 16.3. The third-order valence-corrected chi connectivity index (χ3v) is 4.66. The summed E-state index contributed by atoms with van der Waals surface area (Å²) in [4.78, 5) is 0. The molecular weight excluding hydrogens is 226 g/mol. The van der Waals surface area contributed by atoms with Crippen LogP contribution in [0.25, 0.3) is 0 Å². The van der Waals surface area contributed by atoms with E-state index in [1.165, 1.54) is 5.56 Å². The van der Waals surface area contributed by atoms with Crippen LogP contribution in [0.15, 0.2) is 12.4 Å². The Hall–Kier alpha value is -0.870. The maximum atomic E-state index is 10.5. The highest BCUT2D eigenvalue weighted by Gasteiger charge is 2.50. The maximum Gasteiger partial charge on any atom is 0.0659 e. The molecule has 18 heavy (non-hydrogen) atoms. The Bertz CT molecular complexity index is 413. The van der Waals surface area contributed by atoms with Gasteiger partial charge in [-0.2, -0.15) is 5.10 Å². The van der Waals surface area contributed by atoms with E-state index < -0.39 is 0 Å². The van der Waals surface area contributed by atoms with Gasteiger partial charge in [0.15, 0.2) is 0 Å². The molecular formula is C14H25N3O. The lowest BCUT2D eigenvalue weighted by atomic mass is 9.75. The molecule has 1 aliphatic carbocycles. The Balaban J connectivity index is 2.06. The van der Waals surface area contributed by atoms with Gasteiger partial charge in [0, 0.05) is 25.2 Å². The van der Waals surface area contributed by atoms with Crippen molar-refractivity contribution in [2.75, 3.05) is 6.54 Å². The van der Waals surface area contributed by atoms with Crippen LogP contribution in [0.1, 0.15) is 38.7 Å². The van der Waals surface area contributed by atoms with Gasteiger partial charge in [-0.25, -0.2) is 0 Å². The summed E-state index contributed by atoms with van der Waals surface area (Å²) >= 11 is 0. The first-order chi connectivity index (χ1) is 8.39. The number of nitrogens with two attached hydrogens (primary N) is 1. The molecule has 1 aliphatic rings. The molecule has 3 N–H and O–H groups in total. The van der Waals surface area contributed by atoms with E-state index in [1.807, 2.05) is 24.1 Å². The van der Waals surface area contributed by atoms with Crippen LogP contribution >= 0.6 is 0 Å². The summed E-state index contributed by atoms with van der Waals surface area (Å²) in [6.07, 6.45) is 7.61. The standard InChI is InChI=1S/C14H25N3O/c1-13(2)6-7-14(10-15,12(13)18)5-4-11-8-16-17(3)9-11/h8-9,12,18H,4-7,10,15H2,1-3H3. The average Bonchev–Trinajstić information content (AvgIpc) is 2.83. The SMILES string of the molecule is Cn1cc(CCC2(CN)CCC(C)(C)C2O)cn1. The summed E-state index contributed by atoms with van der Waals surface area (Å²) in [6.45, 7) is 4.84. The van der Waals surface area contributed by atoms with Crippen molar-refractivity contribution >= 4 is 0 Å². The predicted molar refractivity (Wildman–Crippen MR) is 72.0 cm³/mol. The Morgan fingerprint density at radius 1 is 1.50 bits per heavy atom. The molecule has 0 aromatic carbocycles. The van der Waals surface area contributed by atoms with Crippen LogP contribution < -0.4 is 5.73 Å². The molecule has 2 unspecified atom stereocenters. The normalized spacial score (nSPS) is 30.8. The molecule has 102 valence electrons. The van der Waals surface area contributed by atoms with E-state index in [4.69, 9.17) is 5.73 Å². The minimum absolute atomic E-state index is 0.00565. The van der Waals surface area contributed by atoms with Gasteiger partial charge >= 0.3 is 0 Å². The van der Waals surface area contributed by atoms with E-state index in [0.717, 1.165) is 25.7 Å². The Morgan fingerprint density at radius 2 is 2.22 bits per heavy atom. The van der Waals surface area contributed by atoms with Gasteiger partial charge in [-0.15, -0.1) is 0 Å². The van der Waals surface area contributed by atoms with Crippen molar-refractivity contribution in [3.05, 3.63) is 18.0 Å². The second-order valence-electron chi connectivity index (χ2n) is 6.48. The van der Waals surface area contributed by atoms with Crippen LogP contribution in [0.5, 0.6) is 0 Å². The third kappa shape index (κ3) is 2.31. The summed E-state index contributed by atoms with van der Waals surface area (Å²) in [5.74, 6) is 0. The average molecular weight is 251 g/mol. The summed E-state index contributed by atoms with van der Waals surface area (Å²) < 4.78 is 1.82. The third-order valence-electron chi connectivity index (χ3n) is 4.66. The Kier molecular flexibility index (Phi) is 3.52. The topological polar surface area (TPSA) is 64.1 Å². The van der Waals surface area contributed by atoms with Crippen molar-refractivity contribution < 1.29 is 5.11 Å². The van der Waals surface area contributed by atoms with Crippen molar-refractivity contribution in [2.24, 2.45) is 23.6 Å². The van der Waals surface area contributed by atoms with Crippen molar-refractivity contribution in [3.63, 3.8) is 0 Å². The monoisotopic (exact) mass is 251 g/mol. The number of hydrogen-bond donors (Lipinski definition) is 2. The molecule has 1 aromatic heterocycles. The van der Waals surface area contributed by atoms with Crippen molar-refractivity contribution in [1.82, 2.24) is 9.78 Å². The lowest BCUT2D eigenvalue weighted by Crippen LogP contribution is -2.43. The molecule has 0 saturated heterocycles. The lowest BCUT2D eigenvalue weighted by molar-refractivity contribution is -0.00890. The van der Waals surface area contributed by atoms with Gasteiger partial charge in [0.25, 0.3) is 0 Å². The summed E-state index contributed by atoms with van der Waals surface area (Å²) in [5, 5.41) is 14.7. The molecule has 4 nitrogen and oxygen atoms in total. The molecule has 1 fully saturated rings. The second-order valence-corrected chi connectivity index (χ2v) is 6.48. The summed E-state index contributed by atoms with van der Waals surface area (Å²) in [7, 11) is 1.93. The zero-order chi connectivity index (χ0) is 13.4. The number of aryl methyl sites for hydroxylation is 2. The first-order valence-corrected chi connectivity index (χ1v) is 6.75. The van der Waals surface area contributed by atoms with E-state index in [9.17, 15) is 5.11 Å². The lowest BCUT2D eigenvalue weighted by Gasteiger charge is -2.36. The van der Waals surface area contributed by atoms with E-state index in [-0.39, 0.29) is 16.9 Å². The highest BCUT2D eigenvalue weighted by Crippen LogP contribution is 2.50. The molecule has 0 radical (unpaired) electrons. The Morgan fingerprint density at radius 3 is 2.67 bits per heavy atom. The fraction of sp³-hybridized carbons (Fsp3) is 0.786. The zero-order valence-corrected chi connectivity index (χ0v) is 11.7. The van der Waals surface area contributed by atoms with Gasteiger partial charge in [-0.05, 0) is 36.7 Å². The van der Waals surface area contributed by atoms with Gasteiger partial charge in [0.05, 0.1) is 12.3 Å². The van der Waals surface area contributed by atoms with Gasteiger partial charge in [0.1, 0.15) is 0 Å². The van der Waals surface area contributed by atoms with Crippen molar-refractivity contribution in [1.29, 1.82) is 0 Å². The number of hydrogen-bond acceptors (Lipinski definition) is 3. The van der Waals surface area contributed by atoms with Crippen LogP contribution in [-0.4, -0.2) is 27.5 Å². The quantitative estimate of drug-likeness (QED) is 0.852. The number of aliphatic hydroxyl groups is 1. The van der Waals surface area contributed by atoms with Gasteiger partial charge in [-0.3, -0.25) is 4.68 Å². The minimum atomic E-state index is -0.299. The van der Waals surface area contributed by atoms with Crippen molar-refractivity contribution in [2.45, 2.75) is 45.6 Å². The van der Waals surface area contributed by atoms with Crippen LogP contribution in [0.3, 0.4) is 0 Å². The molecule has 2 atom stereocenters. The van der Waals surface area contributed by atoms with Crippen LogP contribution in [-0.2, 0) is 13.5 Å². The van der Waals surface area contributed by atoms with Gasteiger partial charge < -0.3 is 10.8 Å². The fourth-order valence-electron chi connectivity index (χ4n) is 3.25. The number of rotatable bonds is 4. The Labute approximate surface area is 109 Å². The molecule has 0 spiro atoms. The van der Waals surface area contributed by atoms with E-state index in [2.05, 4.69) is 18.9 Å². The van der Waals surface area contributed by atoms with Gasteiger partial charge in [0.2, 0.25) is 0 Å². The van der Waals surface area contributed by atoms with E-state index in [1.54, 1.807) is 0 Å². The maximum absolute atomic E-state index is 10.5. The molecule has 0 amide bonds.